The number of aromatic nitrogens is 1. The summed E-state index contributed by atoms with van der Waals surface area (Å²) in [5.74, 6) is -4.03. The van der Waals surface area contributed by atoms with E-state index in [0.717, 1.165) is 10.9 Å². The molecule has 4 amide bonds. The van der Waals surface area contributed by atoms with E-state index in [0.29, 0.717) is 5.56 Å². The number of benzene rings is 1. The standard InChI is InChI=1S/C21H28N6O6/c1-11(25-18(29)9-22)19(30)26-15(6-7-17(23)28)20(31)27-16(21(32)33)8-12-10-24-14-5-3-2-4-13(12)14/h2-5,10-11,15-16,24H,6-9,22H2,1H3,(H2,23,28)(H,25,29)(H,26,30)(H,27,31)(H,32,33). The van der Waals surface area contributed by atoms with Crippen molar-refractivity contribution in [3.8, 4) is 0 Å². The van der Waals surface area contributed by atoms with E-state index in [9.17, 15) is 29.1 Å². The molecular formula is C21H28N6O6. The Kier molecular flexibility index (Phi) is 8.92. The van der Waals surface area contributed by atoms with Crippen LogP contribution in [0.15, 0.2) is 30.5 Å². The van der Waals surface area contributed by atoms with Crippen molar-refractivity contribution in [3.05, 3.63) is 36.0 Å². The highest BCUT2D eigenvalue weighted by Gasteiger charge is 2.29. The van der Waals surface area contributed by atoms with E-state index < -0.39 is 47.7 Å². The Morgan fingerprint density at radius 2 is 1.70 bits per heavy atom. The van der Waals surface area contributed by atoms with Gasteiger partial charge in [0.05, 0.1) is 6.54 Å². The molecule has 9 N–H and O–H groups in total. The van der Waals surface area contributed by atoms with Gasteiger partial charge in [-0.2, -0.15) is 0 Å². The Hall–Kier alpha value is -3.93. The summed E-state index contributed by atoms with van der Waals surface area (Å²) >= 11 is 0. The Morgan fingerprint density at radius 3 is 2.33 bits per heavy atom. The summed E-state index contributed by atoms with van der Waals surface area (Å²) in [5.41, 5.74) is 11.9. The second kappa shape index (κ2) is 11.6. The third-order valence-corrected chi connectivity index (χ3v) is 4.98. The zero-order valence-corrected chi connectivity index (χ0v) is 18.1. The number of para-hydroxylation sites is 1. The molecule has 0 aliphatic heterocycles. The van der Waals surface area contributed by atoms with Crippen molar-refractivity contribution in [2.45, 2.75) is 44.3 Å². The van der Waals surface area contributed by atoms with Gasteiger partial charge in [-0.1, -0.05) is 18.2 Å². The lowest BCUT2D eigenvalue weighted by molar-refractivity contribution is -0.142. The van der Waals surface area contributed by atoms with Crippen LogP contribution >= 0.6 is 0 Å². The molecule has 0 fully saturated rings. The van der Waals surface area contributed by atoms with Crippen molar-refractivity contribution >= 4 is 40.5 Å². The first-order valence-electron chi connectivity index (χ1n) is 10.3. The van der Waals surface area contributed by atoms with Crippen LogP contribution in [0, 0.1) is 0 Å². The van der Waals surface area contributed by atoms with Crippen molar-refractivity contribution in [1.29, 1.82) is 0 Å². The van der Waals surface area contributed by atoms with Crippen LogP contribution in [0.4, 0.5) is 0 Å². The minimum absolute atomic E-state index is 0.00939. The summed E-state index contributed by atoms with van der Waals surface area (Å²) in [6.07, 6.45) is 1.29. The number of carbonyl (C=O) groups excluding carboxylic acids is 4. The lowest BCUT2D eigenvalue weighted by atomic mass is 10.0. The average molecular weight is 460 g/mol. The molecule has 12 nitrogen and oxygen atoms in total. The van der Waals surface area contributed by atoms with Gasteiger partial charge in [0, 0.05) is 29.9 Å². The molecule has 3 unspecified atom stereocenters. The summed E-state index contributed by atoms with van der Waals surface area (Å²) in [6.45, 7) is 1.07. The normalized spacial score (nSPS) is 13.5. The van der Waals surface area contributed by atoms with Gasteiger partial charge in [-0.15, -0.1) is 0 Å². The monoisotopic (exact) mass is 460 g/mol. The fraction of sp³-hybridized carbons (Fsp3) is 0.381. The van der Waals surface area contributed by atoms with Gasteiger partial charge in [0.2, 0.25) is 23.6 Å². The maximum Gasteiger partial charge on any atom is 0.326 e. The number of amides is 4. The Bertz CT molecular complexity index is 1040. The van der Waals surface area contributed by atoms with E-state index in [-0.39, 0.29) is 25.8 Å². The first kappa shape index (κ1) is 25.3. The first-order chi connectivity index (χ1) is 15.6. The van der Waals surface area contributed by atoms with E-state index in [4.69, 9.17) is 11.5 Å². The first-order valence-corrected chi connectivity index (χ1v) is 10.3. The number of carbonyl (C=O) groups is 5. The number of hydrogen-bond acceptors (Lipinski definition) is 6. The zero-order chi connectivity index (χ0) is 24.5. The van der Waals surface area contributed by atoms with Crippen molar-refractivity contribution in [2.75, 3.05) is 6.54 Å². The van der Waals surface area contributed by atoms with E-state index >= 15 is 0 Å². The molecule has 0 spiro atoms. The van der Waals surface area contributed by atoms with Crippen molar-refractivity contribution < 1.29 is 29.1 Å². The molecule has 178 valence electrons. The van der Waals surface area contributed by atoms with Gasteiger partial charge < -0.3 is 37.5 Å². The predicted octanol–water partition coefficient (Wildman–Crippen LogP) is -1.51. The van der Waals surface area contributed by atoms with Crippen LogP contribution in [0.25, 0.3) is 10.9 Å². The molecular weight excluding hydrogens is 432 g/mol. The molecule has 1 aromatic heterocycles. The van der Waals surface area contributed by atoms with E-state index in [2.05, 4.69) is 20.9 Å². The number of primary amides is 1. The minimum Gasteiger partial charge on any atom is -0.480 e. The quantitative estimate of drug-likeness (QED) is 0.199. The highest BCUT2D eigenvalue weighted by molar-refractivity contribution is 5.94. The van der Waals surface area contributed by atoms with E-state index in [1.165, 1.54) is 6.92 Å². The van der Waals surface area contributed by atoms with Crippen molar-refractivity contribution in [2.24, 2.45) is 11.5 Å². The van der Waals surface area contributed by atoms with E-state index in [1.807, 2.05) is 24.3 Å². The number of aliphatic carboxylic acids is 1. The Balaban J connectivity index is 2.13. The Morgan fingerprint density at radius 1 is 1.03 bits per heavy atom. The topological polar surface area (TPSA) is 209 Å². The maximum atomic E-state index is 12.8. The zero-order valence-electron chi connectivity index (χ0n) is 18.1. The summed E-state index contributed by atoms with van der Waals surface area (Å²) < 4.78 is 0. The maximum absolute atomic E-state index is 12.8. The molecule has 0 saturated heterocycles. The number of hydrogen-bond donors (Lipinski definition) is 7. The van der Waals surface area contributed by atoms with Crippen molar-refractivity contribution in [1.82, 2.24) is 20.9 Å². The summed E-state index contributed by atoms with van der Waals surface area (Å²) in [4.78, 5) is 62.7. The van der Waals surface area contributed by atoms with Gasteiger partial charge >= 0.3 is 5.97 Å². The SMILES string of the molecule is CC(NC(=O)CN)C(=O)NC(CCC(N)=O)C(=O)NC(Cc1c[nH]c2ccccc12)C(=O)O. The summed E-state index contributed by atoms with van der Waals surface area (Å²) in [6, 6.07) is 3.77. The number of H-pyrrole nitrogens is 1. The molecule has 1 heterocycles. The number of fused-ring (bicyclic) bond motifs is 1. The van der Waals surface area contributed by atoms with Crippen LogP contribution in [0.3, 0.4) is 0 Å². The smallest absolute Gasteiger partial charge is 0.326 e. The van der Waals surface area contributed by atoms with Crippen LogP contribution in [0.2, 0.25) is 0 Å². The molecule has 0 aliphatic carbocycles. The van der Waals surface area contributed by atoms with Gasteiger partial charge in [0.15, 0.2) is 0 Å². The van der Waals surface area contributed by atoms with Crippen LogP contribution in [0.5, 0.6) is 0 Å². The van der Waals surface area contributed by atoms with Gasteiger partial charge in [0.1, 0.15) is 18.1 Å². The third kappa shape index (κ3) is 7.31. The number of carboxylic acids is 1. The molecule has 12 heteroatoms. The molecule has 2 aromatic rings. The molecule has 2 rings (SSSR count). The molecule has 0 radical (unpaired) electrons. The van der Waals surface area contributed by atoms with Gasteiger partial charge in [-0.25, -0.2) is 4.79 Å². The van der Waals surface area contributed by atoms with Gasteiger partial charge in [0.25, 0.3) is 0 Å². The third-order valence-electron chi connectivity index (χ3n) is 4.98. The Labute approximate surface area is 189 Å². The second-order valence-corrected chi connectivity index (χ2v) is 7.52. The molecule has 0 aliphatic rings. The molecule has 33 heavy (non-hydrogen) atoms. The minimum atomic E-state index is -1.29. The van der Waals surface area contributed by atoms with Gasteiger partial charge in [-0.3, -0.25) is 19.2 Å². The number of nitrogens with one attached hydrogen (secondary N) is 4. The fourth-order valence-corrected chi connectivity index (χ4v) is 3.21. The average Bonchev–Trinajstić information content (AvgIpc) is 3.18. The number of nitrogens with two attached hydrogens (primary N) is 2. The van der Waals surface area contributed by atoms with E-state index in [1.54, 1.807) is 6.20 Å². The molecule has 0 saturated carbocycles. The lowest BCUT2D eigenvalue weighted by Gasteiger charge is -2.23. The fourth-order valence-electron chi connectivity index (χ4n) is 3.21. The molecule has 3 atom stereocenters. The van der Waals surface area contributed by atoms with Crippen LogP contribution in [-0.2, 0) is 30.4 Å². The summed E-state index contributed by atoms with van der Waals surface area (Å²) in [7, 11) is 0. The largest absolute Gasteiger partial charge is 0.480 e. The van der Waals surface area contributed by atoms with Gasteiger partial charge in [-0.05, 0) is 25.0 Å². The lowest BCUT2D eigenvalue weighted by Crippen LogP contribution is -2.56. The second-order valence-electron chi connectivity index (χ2n) is 7.52. The number of aromatic amines is 1. The highest BCUT2D eigenvalue weighted by Crippen LogP contribution is 2.19. The van der Waals surface area contributed by atoms with Crippen molar-refractivity contribution in [3.63, 3.8) is 0 Å². The number of rotatable bonds is 12. The highest BCUT2D eigenvalue weighted by atomic mass is 16.4. The molecule has 1 aromatic carbocycles. The number of carboxylic acid groups (broad SMARTS) is 1. The van der Waals surface area contributed by atoms with Crippen LogP contribution in [-0.4, -0.2) is 64.4 Å². The van der Waals surface area contributed by atoms with Crippen LogP contribution < -0.4 is 27.4 Å². The summed E-state index contributed by atoms with van der Waals surface area (Å²) in [5, 5.41) is 17.6. The van der Waals surface area contributed by atoms with Crippen LogP contribution in [0.1, 0.15) is 25.3 Å². The molecule has 0 bridgehead atoms. The predicted molar refractivity (Wildman–Crippen MR) is 119 cm³/mol.